The molecule has 90 valence electrons. The van der Waals surface area contributed by atoms with Gasteiger partial charge < -0.3 is 9.15 Å². The van der Waals surface area contributed by atoms with Crippen molar-refractivity contribution < 1.29 is 9.15 Å². The molecular weight excluding hydrogens is 228 g/mol. The standard InChI is InChI=1S/C14H12N2O2/c1-10-4-6-11(7-5-10)17-9-13-16-14-12(18-13)3-2-8-15-14/h2-8H,9H2,1H3. The van der Waals surface area contributed by atoms with Crippen molar-refractivity contribution in [2.45, 2.75) is 13.5 Å². The number of benzene rings is 1. The van der Waals surface area contributed by atoms with E-state index in [4.69, 9.17) is 9.15 Å². The van der Waals surface area contributed by atoms with E-state index in [1.54, 1.807) is 6.20 Å². The lowest BCUT2D eigenvalue weighted by Gasteiger charge is -2.02. The van der Waals surface area contributed by atoms with Crippen LogP contribution in [0.4, 0.5) is 0 Å². The van der Waals surface area contributed by atoms with E-state index in [0.717, 1.165) is 5.75 Å². The summed E-state index contributed by atoms with van der Waals surface area (Å²) in [5.41, 5.74) is 2.49. The molecule has 0 saturated heterocycles. The molecule has 0 atom stereocenters. The van der Waals surface area contributed by atoms with Gasteiger partial charge in [-0.3, -0.25) is 0 Å². The number of rotatable bonds is 3. The van der Waals surface area contributed by atoms with E-state index in [1.807, 2.05) is 43.3 Å². The van der Waals surface area contributed by atoms with Crippen molar-refractivity contribution in [3.05, 3.63) is 54.0 Å². The molecule has 2 aromatic heterocycles. The molecule has 0 N–H and O–H groups in total. The third-order valence-corrected chi connectivity index (χ3v) is 2.59. The van der Waals surface area contributed by atoms with Crippen molar-refractivity contribution in [2.24, 2.45) is 0 Å². The van der Waals surface area contributed by atoms with Gasteiger partial charge >= 0.3 is 0 Å². The summed E-state index contributed by atoms with van der Waals surface area (Å²) in [6.45, 7) is 2.34. The molecule has 0 aliphatic rings. The van der Waals surface area contributed by atoms with E-state index in [-0.39, 0.29) is 0 Å². The van der Waals surface area contributed by atoms with Crippen molar-refractivity contribution >= 4 is 11.2 Å². The van der Waals surface area contributed by atoms with Crippen LogP contribution in [0.3, 0.4) is 0 Å². The van der Waals surface area contributed by atoms with Gasteiger partial charge in [-0.25, -0.2) is 4.98 Å². The average Bonchev–Trinajstić information content (AvgIpc) is 2.81. The van der Waals surface area contributed by atoms with Crippen LogP contribution in [0.1, 0.15) is 11.5 Å². The van der Waals surface area contributed by atoms with Crippen molar-refractivity contribution in [3.63, 3.8) is 0 Å². The summed E-state index contributed by atoms with van der Waals surface area (Å²) in [5, 5.41) is 0. The fraction of sp³-hybridized carbons (Fsp3) is 0.143. The molecular formula is C14H12N2O2. The van der Waals surface area contributed by atoms with Gasteiger partial charge in [0.05, 0.1) is 0 Å². The Kier molecular flexibility index (Phi) is 2.68. The van der Waals surface area contributed by atoms with Crippen LogP contribution in [0.25, 0.3) is 11.2 Å². The van der Waals surface area contributed by atoms with Gasteiger partial charge in [-0.15, -0.1) is 0 Å². The van der Waals surface area contributed by atoms with Crippen LogP contribution in [-0.4, -0.2) is 9.97 Å². The minimum atomic E-state index is 0.305. The third kappa shape index (κ3) is 2.18. The van der Waals surface area contributed by atoms with Gasteiger partial charge in [-0.1, -0.05) is 17.7 Å². The zero-order chi connectivity index (χ0) is 12.4. The molecule has 0 bridgehead atoms. The van der Waals surface area contributed by atoms with E-state index in [9.17, 15) is 0 Å². The molecule has 4 nitrogen and oxygen atoms in total. The highest BCUT2D eigenvalue weighted by molar-refractivity contribution is 5.66. The van der Waals surface area contributed by atoms with Gasteiger partial charge in [0.2, 0.25) is 5.89 Å². The van der Waals surface area contributed by atoms with Crippen LogP contribution < -0.4 is 4.74 Å². The zero-order valence-electron chi connectivity index (χ0n) is 9.96. The minimum Gasteiger partial charge on any atom is -0.484 e. The lowest BCUT2D eigenvalue weighted by atomic mass is 10.2. The Morgan fingerprint density at radius 1 is 1.17 bits per heavy atom. The molecule has 2 heterocycles. The highest BCUT2D eigenvalue weighted by Gasteiger charge is 2.06. The predicted molar refractivity (Wildman–Crippen MR) is 67.3 cm³/mol. The molecule has 0 aliphatic heterocycles. The lowest BCUT2D eigenvalue weighted by Crippen LogP contribution is -1.95. The number of hydrogen-bond acceptors (Lipinski definition) is 4. The maximum atomic E-state index is 5.59. The van der Waals surface area contributed by atoms with Crippen LogP contribution in [0.2, 0.25) is 0 Å². The van der Waals surface area contributed by atoms with Crippen LogP contribution >= 0.6 is 0 Å². The molecule has 1 aromatic carbocycles. The molecule has 4 heteroatoms. The number of oxazole rings is 1. The molecule has 0 saturated carbocycles. The third-order valence-electron chi connectivity index (χ3n) is 2.59. The smallest absolute Gasteiger partial charge is 0.235 e. The number of ether oxygens (including phenoxy) is 1. The maximum Gasteiger partial charge on any atom is 0.235 e. The Balaban J connectivity index is 1.74. The summed E-state index contributed by atoms with van der Waals surface area (Å²) in [4.78, 5) is 8.35. The van der Waals surface area contributed by atoms with E-state index >= 15 is 0 Å². The van der Waals surface area contributed by atoms with Crippen molar-refractivity contribution in [1.29, 1.82) is 0 Å². The first-order valence-corrected chi connectivity index (χ1v) is 5.71. The monoisotopic (exact) mass is 240 g/mol. The molecule has 0 radical (unpaired) electrons. The molecule has 18 heavy (non-hydrogen) atoms. The Morgan fingerprint density at radius 2 is 2.00 bits per heavy atom. The first-order valence-electron chi connectivity index (χ1n) is 5.71. The first kappa shape index (κ1) is 10.8. The molecule has 0 amide bonds. The van der Waals surface area contributed by atoms with Crippen LogP contribution in [0, 0.1) is 6.92 Å². The normalized spacial score (nSPS) is 10.7. The largest absolute Gasteiger partial charge is 0.484 e. The summed E-state index contributed by atoms with van der Waals surface area (Å²) in [7, 11) is 0. The Bertz CT molecular complexity index is 626. The molecule has 3 rings (SSSR count). The van der Waals surface area contributed by atoms with E-state index in [1.165, 1.54) is 5.56 Å². The van der Waals surface area contributed by atoms with Crippen LogP contribution in [0.15, 0.2) is 47.0 Å². The number of aryl methyl sites for hydroxylation is 1. The maximum absolute atomic E-state index is 5.59. The molecule has 3 aromatic rings. The summed E-state index contributed by atoms with van der Waals surface area (Å²) in [5.74, 6) is 1.33. The fourth-order valence-electron chi connectivity index (χ4n) is 1.66. The van der Waals surface area contributed by atoms with Gasteiger partial charge in [-0.05, 0) is 31.2 Å². The number of nitrogens with zero attached hydrogens (tertiary/aromatic N) is 2. The number of aromatic nitrogens is 2. The molecule has 0 fully saturated rings. The Morgan fingerprint density at radius 3 is 2.78 bits per heavy atom. The topological polar surface area (TPSA) is 48.2 Å². The molecule has 0 spiro atoms. The van der Waals surface area contributed by atoms with Crippen LogP contribution in [-0.2, 0) is 6.61 Å². The van der Waals surface area contributed by atoms with Gasteiger partial charge in [0.25, 0.3) is 0 Å². The van der Waals surface area contributed by atoms with Gasteiger partial charge in [0.1, 0.15) is 5.75 Å². The quantitative estimate of drug-likeness (QED) is 0.705. The average molecular weight is 240 g/mol. The Labute approximate surface area is 104 Å². The van der Waals surface area contributed by atoms with Gasteiger partial charge in [0, 0.05) is 6.20 Å². The first-order chi connectivity index (χ1) is 8.81. The summed E-state index contributed by atoms with van der Waals surface area (Å²) >= 11 is 0. The fourth-order valence-corrected chi connectivity index (χ4v) is 1.66. The second-order valence-electron chi connectivity index (χ2n) is 4.03. The molecule has 0 aliphatic carbocycles. The minimum absolute atomic E-state index is 0.305. The van der Waals surface area contributed by atoms with Gasteiger partial charge in [-0.2, -0.15) is 4.98 Å². The second-order valence-corrected chi connectivity index (χ2v) is 4.03. The van der Waals surface area contributed by atoms with Crippen molar-refractivity contribution in [2.75, 3.05) is 0 Å². The van der Waals surface area contributed by atoms with E-state index in [2.05, 4.69) is 9.97 Å². The predicted octanol–water partition coefficient (Wildman–Crippen LogP) is 3.11. The Hall–Kier alpha value is -2.36. The number of fused-ring (bicyclic) bond motifs is 1. The zero-order valence-corrected chi connectivity index (χ0v) is 9.96. The summed E-state index contributed by atoms with van der Waals surface area (Å²) in [6, 6.07) is 11.5. The molecule has 0 unspecified atom stereocenters. The lowest BCUT2D eigenvalue weighted by molar-refractivity contribution is 0.267. The number of pyridine rings is 1. The highest BCUT2D eigenvalue weighted by Crippen LogP contribution is 2.16. The summed E-state index contributed by atoms with van der Waals surface area (Å²) in [6.07, 6.45) is 1.69. The van der Waals surface area contributed by atoms with E-state index in [0.29, 0.717) is 23.7 Å². The number of hydrogen-bond donors (Lipinski definition) is 0. The van der Waals surface area contributed by atoms with Crippen molar-refractivity contribution in [3.8, 4) is 5.75 Å². The second kappa shape index (κ2) is 4.49. The summed E-state index contributed by atoms with van der Waals surface area (Å²) < 4.78 is 11.1. The van der Waals surface area contributed by atoms with Crippen molar-refractivity contribution in [1.82, 2.24) is 9.97 Å². The van der Waals surface area contributed by atoms with Gasteiger partial charge in [0.15, 0.2) is 17.8 Å². The van der Waals surface area contributed by atoms with Crippen LogP contribution in [0.5, 0.6) is 5.75 Å². The SMILES string of the molecule is Cc1ccc(OCc2nc3ncccc3o2)cc1. The van der Waals surface area contributed by atoms with E-state index < -0.39 is 0 Å². The highest BCUT2D eigenvalue weighted by atomic mass is 16.5.